The fourth-order valence-electron chi connectivity index (χ4n) is 2.26. The fraction of sp³-hybridized carbons (Fsp3) is 0.786. The van der Waals surface area contributed by atoms with E-state index in [9.17, 15) is 8.42 Å². The van der Waals surface area contributed by atoms with E-state index in [2.05, 4.69) is 26.7 Å². The first kappa shape index (κ1) is 18.0. The summed E-state index contributed by atoms with van der Waals surface area (Å²) in [5.74, 6) is 1.44. The third-order valence-corrected chi connectivity index (χ3v) is 5.23. The maximum Gasteiger partial charge on any atom is 0.193 e. The average Bonchev–Trinajstić information content (AvgIpc) is 2.45. The third-order valence-electron chi connectivity index (χ3n) is 3.62. The van der Waals surface area contributed by atoms with E-state index in [1.165, 1.54) is 0 Å². The summed E-state index contributed by atoms with van der Waals surface area (Å²) in [7, 11) is 1.01. The molecule has 1 fully saturated rings. The van der Waals surface area contributed by atoms with Gasteiger partial charge in [-0.2, -0.15) is 0 Å². The van der Waals surface area contributed by atoms with Crippen LogP contribution in [0.2, 0.25) is 0 Å². The lowest BCUT2D eigenvalue weighted by atomic mass is 10.3. The van der Waals surface area contributed by atoms with Crippen molar-refractivity contribution in [2.24, 2.45) is 4.99 Å². The minimum absolute atomic E-state index is 0.281. The number of hydrogen-bond acceptors (Lipinski definition) is 4. The summed E-state index contributed by atoms with van der Waals surface area (Å²) in [5, 5.41) is 3.32. The Bertz CT molecular complexity index is 434. The van der Waals surface area contributed by atoms with Crippen LogP contribution in [-0.2, 0) is 9.84 Å². The molecular weight excluding hydrogens is 288 g/mol. The van der Waals surface area contributed by atoms with Crippen molar-refractivity contribution in [1.29, 1.82) is 0 Å². The first-order valence-corrected chi connectivity index (χ1v) is 9.26. The predicted molar refractivity (Wildman–Crippen MR) is 88.5 cm³/mol. The summed E-state index contributed by atoms with van der Waals surface area (Å²) >= 11 is 0. The molecule has 0 aromatic carbocycles. The zero-order valence-corrected chi connectivity index (χ0v) is 14.0. The van der Waals surface area contributed by atoms with Crippen molar-refractivity contribution in [3.63, 3.8) is 0 Å². The van der Waals surface area contributed by atoms with E-state index in [-0.39, 0.29) is 11.5 Å². The summed E-state index contributed by atoms with van der Waals surface area (Å²) in [6, 6.07) is 0. The van der Waals surface area contributed by atoms with Crippen molar-refractivity contribution >= 4 is 15.8 Å². The van der Waals surface area contributed by atoms with Gasteiger partial charge in [0.2, 0.25) is 0 Å². The lowest BCUT2D eigenvalue weighted by Gasteiger charge is -2.27. The van der Waals surface area contributed by atoms with Gasteiger partial charge in [0.15, 0.2) is 15.8 Å². The number of aliphatic imine (C=N–C) groups is 1. The molecular formula is C14H28N4O2S. The highest BCUT2D eigenvalue weighted by molar-refractivity contribution is 7.91. The molecule has 0 bridgehead atoms. The van der Waals surface area contributed by atoms with E-state index in [1.807, 2.05) is 13.1 Å². The second-order valence-corrected chi connectivity index (χ2v) is 7.62. The van der Waals surface area contributed by atoms with Gasteiger partial charge in [-0.05, 0) is 12.8 Å². The number of unbranched alkanes of at least 4 members (excludes halogenated alkanes) is 1. The van der Waals surface area contributed by atoms with Crippen molar-refractivity contribution in [2.45, 2.75) is 12.8 Å². The maximum absolute atomic E-state index is 11.4. The normalized spacial score (nSPS) is 19.2. The van der Waals surface area contributed by atoms with Crippen molar-refractivity contribution in [3.05, 3.63) is 12.7 Å². The molecule has 1 N–H and O–H groups in total. The van der Waals surface area contributed by atoms with Gasteiger partial charge in [0.1, 0.15) is 0 Å². The predicted octanol–water partition coefficient (Wildman–Crippen LogP) is 0.190. The summed E-state index contributed by atoms with van der Waals surface area (Å²) in [4.78, 5) is 8.54. The molecule has 1 heterocycles. The smallest absolute Gasteiger partial charge is 0.193 e. The minimum atomic E-state index is -2.79. The van der Waals surface area contributed by atoms with Crippen molar-refractivity contribution < 1.29 is 8.42 Å². The van der Waals surface area contributed by atoms with Gasteiger partial charge in [0.05, 0.1) is 11.5 Å². The van der Waals surface area contributed by atoms with Crippen LogP contribution in [0, 0.1) is 0 Å². The number of hydrogen-bond donors (Lipinski definition) is 1. The minimum Gasteiger partial charge on any atom is -0.355 e. The lowest BCUT2D eigenvalue weighted by molar-refractivity contribution is 0.298. The zero-order chi connectivity index (χ0) is 15.7. The Kier molecular flexibility index (Phi) is 7.74. The van der Waals surface area contributed by atoms with Crippen molar-refractivity contribution in [2.75, 3.05) is 58.3 Å². The van der Waals surface area contributed by atoms with Crippen LogP contribution >= 0.6 is 0 Å². The Hall–Kier alpha value is -1.08. The zero-order valence-electron chi connectivity index (χ0n) is 13.2. The molecule has 0 spiro atoms. The topological polar surface area (TPSA) is 65.0 Å². The highest BCUT2D eigenvalue weighted by Gasteiger charge is 2.21. The number of rotatable bonds is 7. The highest BCUT2D eigenvalue weighted by atomic mass is 32.2. The Labute approximate surface area is 128 Å². The molecule has 0 saturated carbocycles. The van der Waals surface area contributed by atoms with Crippen LogP contribution in [0.1, 0.15) is 12.8 Å². The molecule has 0 amide bonds. The van der Waals surface area contributed by atoms with Crippen LogP contribution in [0.15, 0.2) is 17.6 Å². The molecule has 1 aliphatic heterocycles. The second kappa shape index (κ2) is 9.04. The van der Waals surface area contributed by atoms with Gasteiger partial charge in [-0.15, -0.1) is 6.58 Å². The monoisotopic (exact) mass is 316 g/mol. The van der Waals surface area contributed by atoms with Crippen LogP contribution in [0.5, 0.6) is 0 Å². The molecule has 1 saturated heterocycles. The first-order valence-electron chi connectivity index (χ1n) is 7.44. The quantitative estimate of drug-likeness (QED) is 0.314. The van der Waals surface area contributed by atoms with Crippen molar-refractivity contribution in [1.82, 2.24) is 15.1 Å². The molecule has 6 nitrogen and oxygen atoms in total. The molecule has 0 unspecified atom stereocenters. The van der Waals surface area contributed by atoms with E-state index < -0.39 is 9.84 Å². The van der Waals surface area contributed by atoms with E-state index >= 15 is 0 Å². The van der Waals surface area contributed by atoms with Crippen LogP contribution in [0.25, 0.3) is 0 Å². The third kappa shape index (κ3) is 6.95. The fourth-order valence-corrected chi connectivity index (χ4v) is 3.54. The maximum atomic E-state index is 11.4. The highest BCUT2D eigenvalue weighted by Crippen LogP contribution is 2.02. The average molecular weight is 316 g/mol. The summed E-state index contributed by atoms with van der Waals surface area (Å²) in [6.07, 6.45) is 3.99. The Morgan fingerprint density at radius 3 is 2.67 bits per heavy atom. The van der Waals surface area contributed by atoms with Gasteiger partial charge in [-0.25, -0.2) is 8.42 Å². The molecule has 0 radical (unpaired) electrons. The molecule has 0 aromatic rings. The van der Waals surface area contributed by atoms with Crippen LogP contribution in [-0.4, -0.2) is 82.5 Å². The SMILES string of the molecule is C=CCCCN(C)C(=NC)NCCN1CCS(=O)(=O)CC1. The summed E-state index contributed by atoms with van der Waals surface area (Å²) in [6.45, 7) is 7.55. The van der Waals surface area contributed by atoms with Gasteiger partial charge in [0.25, 0.3) is 0 Å². The second-order valence-electron chi connectivity index (χ2n) is 5.32. The molecule has 0 atom stereocenters. The van der Waals surface area contributed by atoms with Gasteiger partial charge >= 0.3 is 0 Å². The molecule has 7 heteroatoms. The molecule has 122 valence electrons. The largest absolute Gasteiger partial charge is 0.355 e. The van der Waals surface area contributed by atoms with E-state index in [4.69, 9.17) is 0 Å². The first-order chi connectivity index (χ1) is 9.98. The van der Waals surface area contributed by atoms with Gasteiger partial charge in [-0.3, -0.25) is 9.89 Å². The van der Waals surface area contributed by atoms with Gasteiger partial charge < -0.3 is 10.2 Å². The van der Waals surface area contributed by atoms with Gasteiger partial charge in [0, 0.05) is 46.8 Å². The van der Waals surface area contributed by atoms with Crippen molar-refractivity contribution in [3.8, 4) is 0 Å². The van der Waals surface area contributed by atoms with E-state index in [0.717, 1.165) is 38.4 Å². The summed E-state index contributed by atoms with van der Waals surface area (Å²) < 4.78 is 22.7. The van der Waals surface area contributed by atoms with Crippen LogP contribution in [0.3, 0.4) is 0 Å². The number of nitrogens with zero attached hydrogens (tertiary/aromatic N) is 3. The Balaban J connectivity index is 2.25. The Morgan fingerprint density at radius 1 is 1.43 bits per heavy atom. The molecule has 1 aliphatic rings. The number of nitrogens with one attached hydrogen (secondary N) is 1. The number of allylic oxidation sites excluding steroid dienone is 1. The van der Waals surface area contributed by atoms with E-state index in [0.29, 0.717) is 13.1 Å². The van der Waals surface area contributed by atoms with Gasteiger partial charge in [-0.1, -0.05) is 6.08 Å². The number of sulfone groups is 1. The van der Waals surface area contributed by atoms with Crippen LogP contribution < -0.4 is 5.32 Å². The standard InChI is InChI=1S/C14H28N4O2S/c1-4-5-6-8-17(3)14(15-2)16-7-9-18-10-12-21(19,20)13-11-18/h4H,1,5-13H2,2-3H3,(H,15,16). The number of guanidine groups is 1. The summed E-state index contributed by atoms with van der Waals surface area (Å²) in [5.41, 5.74) is 0. The lowest BCUT2D eigenvalue weighted by Crippen LogP contribution is -2.46. The molecule has 1 rings (SSSR count). The van der Waals surface area contributed by atoms with E-state index in [1.54, 1.807) is 7.05 Å². The van der Waals surface area contributed by atoms with Crippen LogP contribution in [0.4, 0.5) is 0 Å². The molecule has 21 heavy (non-hydrogen) atoms. The Morgan fingerprint density at radius 2 is 2.10 bits per heavy atom. The molecule has 0 aliphatic carbocycles. The molecule has 0 aromatic heterocycles.